The highest BCUT2D eigenvalue weighted by Gasteiger charge is 2.08. The SMILES string of the molecule is NC(=O)c1ccc(COC(=O)c2ccc(-n3cccn3)cc2)cc1. The lowest BCUT2D eigenvalue weighted by Crippen LogP contribution is -2.11. The van der Waals surface area contributed by atoms with Gasteiger partial charge in [0.15, 0.2) is 0 Å². The van der Waals surface area contributed by atoms with Crippen LogP contribution in [0, 0.1) is 0 Å². The van der Waals surface area contributed by atoms with Crippen molar-refractivity contribution in [2.75, 3.05) is 0 Å². The average molecular weight is 321 g/mol. The summed E-state index contributed by atoms with van der Waals surface area (Å²) in [6.45, 7) is 0.124. The van der Waals surface area contributed by atoms with Crippen molar-refractivity contribution in [3.05, 3.63) is 83.7 Å². The molecule has 0 aliphatic carbocycles. The number of primary amides is 1. The molecule has 0 aliphatic heterocycles. The normalized spacial score (nSPS) is 10.3. The van der Waals surface area contributed by atoms with Gasteiger partial charge in [0.1, 0.15) is 6.61 Å². The van der Waals surface area contributed by atoms with Crippen molar-refractivity contribution in [3.8, 4) is 5.69 Å². The minimum Gasteiger partial charge on any atom is -0.457 e. The molecule has 1 amide bonds. The van der Waals surface area contributed by atoms with Crippen LogP contribution >= 0.6 is 0 Å². The summed E-state index contributed by atoms with van der Waals surface area (Å²) in [5.74, 6) is -0.906. The van der Waals surface area contributed by atoms with Crippen LogP contribution in [0.3, 0.4) is 0 Å². The number of amides is 1. The first kappa shape index (κ1) is 15.5. The lowest BCUT2D eigenvalue weighted by molar-refractivity contribution is 0.0472. The molecule has 6 heteroatoms. The van der Waals surface area contributed by atoms with Gasteiger partial charge in [-0.25, -0.2) is 9.48 Å². The topological polar surface area (TPSA) is 87.2 Å². The van der Waals surface area contributed by atoms with Crippen LogP contribution in [-0.2, 0) is 11.3 Å². The summed E-state index contributed by atoms with van der Waals surface area (Å²) in [6.07, 6.45) is 3.51. The number of rotatable bonds is 5. The predicted octanol–water partition coefficient (Wildman–Crippen LogP) is 2.33. The number of hydrogen-bond donors (Lipinski definition) is 1. The molecule has 0 unspecified atom stereocenters. The third-order valence-electron chi connectivity index (χ3n) is 3.48. The van der Waals surface area contributed by atoms with E-state index in [0.29, 0.717) is 11.1 Å². The third kappa shape index (κ3) is 3.49. The van der Waals surface area contributed by atoms with Crippen LogP contribution in [-0.4, -0.2) is 21.7 Å². The fourth-order valence-electron chi connectivity index (χ4n) is 2.17. The van der Waals surface area contributed by atoms with E-state index in [-0.39, 0.29) is 6.61 Å². The third-order valence-corrected chi connectivity index (χ3v) is 3.48. The van der Waals surface area contributed by atoms with E-state index in [1.165, 1.54) is 0 Å². The first-order chi connectivity index (χ1) is 11.6. The van der Waals surface area contributed by atoms with Gasteiger partial charge >= 0.3 is 5.97 Å². The van der Waals surface area contributed by atoms with Crippen molar-refractivity contribution < 1.29 is 14.3 Å². The monoisotopic (exact) mass is 321 g/mol. The highest BCUT2D eigenvalue weighted by molar-refractivity contribution is 5.92. The second kappa shape index (κ2) is 6.78. The van der Waals surface area contributed by atoms with E-state index in [4.69, 9.17) is 10.5 Å². The van der Waals surface area contributed by atoms with Gasteiger partial charge in [-0.2, -0.15) is 5.10 Å². The molecular formula is C18H15N3O3. The maximum atomic E-state index is 12.1. The molecule has 0 fully saturated rings. The zero-order valence-electron chi connectivity index (χ0n) is 12.8. The summed E-state index contributed by atoms with van der Waals surface area (Å²) in [4.78, 5) is 23.1. The molecule has 0 spiro atoms. The molecule has 3 aromatic rings. The predicted molar refractivity (Wildman–Crippen MR) is 87.6 cm³/mol. The van der Waals surface area contributed by atoms with Crippen LogP contribution in [0.15, 0.2) is 67.0 Å². The summed E-state index contributed by atoms with van der Waals surface area (Å²) in [5.41, 5.74) is 7.69. The maximum absolute atomic E-state index is 12.1. The number of carbonyl (C=O) groups excluding carboxylic acids is 2. The quantitative estimate of drug-likeness (QED) is 0.731. The highest BCUT2D eigenvalue weighted by Crippen LogP contribution is 2.11. The number of benzene rings is 2. The van der Waals surface area contributed by atoms with Crippen molar-refractivity contribution in [2.24, 2.45) is 5.73 Å². The molecule has 0 aliphatic rings. The van der Waals surface area contributed by atoms with E-state index in [9.17, 15) is 9.59 Å². The zero-order valence-corrected chi connectivity index (χ0v) is 12.8. The van der Waals surface area contributed by atoms with Crippen molar-refractivity contribution in [2.45, 2.75) is 6.61 Å². The molecule has 1 heterocycles. The van der Waals surface area contributed by atoms with Gasteiger partial charge < -0.3 is 10.5 Å². The van der Waals surface area contributed by atoms with E-state index in [2.05, 4.69) is 5.10 Å². The Kier molecular flexibility index (Phi) is 4.38. The summed E-state index contributed by atoms with van der Waals surface area (Å²) >= 11 is 0. The zero-order chi connectivity index (χ0) is 16.9. The van der Waals surface area contributed by atoms with E-state index in [1.54, 1.807) is 59.4 Å². The first-order valence-electron chi connectivity index (χ1n) is 7.29. The summed E-state index contributed by atoms with van der Waals surface area (Å²) in [5, 5.41) is 4.12. The Bertz CT molecular complexity index is 838. The number of nitrogens with two attached hydrogens (primary N) is 1. The summed E-state index contributed by atoms with van der Waals surface area (Å²) in [6, 6.07) is 15.4. The van der Waals surface area contributed by atoms with E-state index >= 15 is 0 Å². The molecule has 2 aromatic carbocycles. The lowest BCUT2D eigenvalue weighted by atomic mass is 10.1. The highest BCUT2D eigenvalue weighted by atomic mass is 16.5. The minimum atomic E-state index is -0.490. The molecule has 0 saturated heterocycles. The number of carbonyl (C=O) groups is 2. The largest absolute Gasteiger partial charge is 0.457 e. The fraction of sp³-hybridized carbons (Fsp3) is 0.0556. The molecule has 120 valence electrons. The van der Waals surface area contributed by atoms with Crippen molar-refractivity contribution in [1.82, 2.24) is 9.78 Å². The smallest absolute Gasteiger partial charge is 0.338 e. The second-order valence-corrected chi connectivity index (χ2v) is 5.13. The fourth-order valence-corrected chi connectivity index (χ4v) is 2.17. The second-order valence-electron chi connectivity index (χ2n) is 5.13. The summed E-state index contributed by atoms with van der Waals surface area (Å²) in [7, 11) is 0. The van der Waals surface area contributed by atoms with Gasteiger partial charge in [0.25, 0.3) is 0 Å². The van der Waals surface area contributed by atoms with E-state index in [0.717, 1.165) is 11.3 Å². The molecule has 0 radical (unpaired) electrons. The first-order valence-corrected chi connectivity index (χ1v) is 7.29. The number of aromatic nitrogens is 2. The van der Waals surface area contributed by atoms with Crippen molar-refractivity contribution in [3.63, 3.8) is 0 Å². The Morgan fingerprint density at radius 2 is 1.67 bits per heavy atom. The molecule has 1 aromatic heterocycles. The van der Waals surface area contributed by atoms with Gasteiger partial charge in [-0.05, 0) is 48.0 Å². The van der Waals surface area contributed by atoms with Crippen LogP contribution in [0.25, 0.3) is 5.69 Å². The molecule has 24 heavy (non-hydrogen) atoms. The standard InChI is InChI=1S/C18H15N3O3/c19-17(22)14-4-2-13(3-5-14)12-24-18(23)15-6-8-16(9-7-15)21-11-1-10-20-21/h1-11H,12H2,(H2,19,22). The van der Waals surface area contributed by atoms with Crippen LogP contribution in [0.1, 0.15) is 26.3 Å². The van der Waals surface area contributed by atoms with Gasteiger partial charge in [0, 0.05) is 18.0 Å². The van der Waals surface area contributed by atoms with Crippen molar-refractivity contribution in [1.29, 1.82) is 0 Å². The number of nitrogens with zero attached hydrogens (tertiary/aromatic N) is 2. The van der Waals surface area contributed by atoms with Crippen molar-refractivity contribution >= 4 is 11.9 Å². The van der Waals surface area contributed by atoms with E-state index in [1.807, 2.05) is 12.3 Å². The average Bonchev–Trinajstić information content (AvgIpc) is 3.15. The number of hydrogen-bond acceptors (Lipinski definition) is 4. The molecule has 0 saturated carbocycles. The lowest BCUT2D eigenvalue weighted by Gasteiger charge is -2.07. The molecule has 3 rings (SSSR count). The van der Waals surface area contributed by atoms with Gasteiger partial charge in [-0.1, -0.05) is 12.1 Å². The van der Waals surface area contributed by atoms with Crippen LogP contribution in [0.2, 0.25) is 0 Å². The van der Waals surface area contributed by atoms with E-state index < -0.39 is 11.9 Å². The molecule has 0 atom stereocenters. The molecule has 6 nitrogen and oxygen atoms in total. The Morgan fingerprint density at radius 1 is 1.00 bits per heavy atom. The Labute approximate surface area is 138 Å². The summed E-state index contributed by atoms with van der Waals surface area (Å²) < 4.78 is 6.97. The van der Waals surface area contributed by atoms with Crippen LogP contribution in [0.5, 0.6) is 0 Å². The molecular weight excluding hydrogens is 306 g/mol. The van der Waals surface area contributed by atoms with Gasteiger partial charge in [-0.15, -0.1) is 0 Å². The van der Waals surface area contributed by atoms with Crippen LogP contribution in [0.4, 0.5) is 0 Å². The van der Waals surface area contributed by atoms with Crippen LogP contribution < -0.4 is 5.73 Å². The number of ether oxygens (including phenoxy) is 1. The minimum absolute atomic E-state index is 0.124. The number of esters is 1. The Balaban J connectivity index is 1.61. The van der Waals surface area contributed by atoms with Gasteiger partial charge in [-0.3, -0.25) is 4.79 Å². The Hall–Kier alpha value is -3.41. The van der Waals surface area contributed by atoms with Gasteiger partial charge in [0.2, 0.25) is 5.91 Å². The maximum Gasteiger partial charge on any atom is 0.338 e. The molecule has 2 N–H and O–H groups in total. The van der Waals surface area contributed by atoms with Gasteiger partial charge in [0.05, 0.1) is 11.3 Å². The molecule has 0 bridgehead atoms. The Morgan fingerprint density at radius 3 is 2.25 bits per heavy atom.